The molecule has 3 rings (SSSR count). The second kappa shape index (κ2) is 9.59. The zero-order chi connectivity index (χ0) is 20.8. The van der Waals surface area contributed by atoms with Gasteiger partial charge >= 0.3 is 0 Å². The summed E-state index contributed by atoms with van der Waals surface area (Å²) >= 11 is 0. The van der Waals surface area contributed by atoms with Gasteiger partial charge < -0.3 is 15.0 Å². The first kappa shape index (κ1) is 20.9. The molecule has 1 aliphatic heterocycles. The minimum Gasteiger partial charge on any atom is -0.497 e. The summed E-state index contributed by atoms with van der Waals surface area (Å²) in [7, 11) is 1.61. The average molecular weight is 395 g/mol. The fourth-order valence-electron chi connectivity index (χ4n) is 3.77. The van der Waals surface area contributed by atoms with Crippen LogP contribution in [-0.2, 0) is 29.0 Å². The fourth-order valence-corrected chi connectivity index (χ4v) is 3.77. The number of hydrogen-bond donors (Lipinski definition) is 1. The quantitative estimate of drug-likeness (QED) is 0.783. The van der Waals surface area contributed by atoms with E-state index in [0.717, 1.165) is 17.7 Å². The number of fused-ring (bicyclic) bond motifs is 1. The van der Waals surface area contributed by atoms with Gasteiger partial charge in [-0.2, -0.15) is 0 Å². The van der Waals surface area contributed by atoms with Crippen LogP contribution in [0.15, 0.2) is 48.5 Å². The molecule has 0 bridgehead atoms. The first-order valence-electron chi connectivity index (χ1n) is 10.2. The van der Waals surface area contributed by atoms with Gasteiger partial charge in [0.1, 0.15) is 11.8 Å². The summed E-state index contributed by atoms with van der Waals surface area (Å²) in [6, 6.07) is 15.2. The van der Waals surface area contributed by atoms with Crippen LogP contribution < -0.4 is 10.1 Å². The van der Waals surface area contributed by atoms with Crippen LogP contribution in [0.25, 0.3) is 0 Å². The van der Waals surface area contributed by atoms with Crippen LogP contribution in [0.1, 0.15) is 37.0 Å². The Morgan fingerprint density at radius 2 is 1.76 bits per heavy atom. The predicted molar refractivity (Wildman–Crippen MR) is 114 cm³/mol. The van der Waals surface area contributed by atoms with Crippen molar-refractivity contribution in [1.82, 2.24) is 10.2 Å². The lowest BCUT2D eigenvalue weighted by atomic mass is 9.97. The number of hydrogen-bond acceptors (Lipinski definition) is 3. The third kappa shape index (κ3) is 5.59. The fraction of sp³-hybridized carbons (Fsp3) is 0.417. The van der Waals surface area contributed by atoms with Crippen LogP contribution in [0.2, 0.25) is 0 Å². The number of ether oxygens (including phenoxy) is 1. The molecular weight excluding hydrogens is 364 g/mol. The van der Waals surface area contributed by atoms with E-state index >= 15 is 0 Å². The number of carbonyl (C=O) groups is 2. The highest BCUT2D eigenvalue weighted by Crippen LogP contribution is 2.20. The second-order valence-electron chi connectivity index (χ2n) is 8.05. The third-order valence-corrected chi connectivity index (χ3v) is 5.31. The van der Waals surface area contributed by atoms with Gasteiger partial charge in [-0.05, 0) is 47.6 Å². The first-order chi connectivity index (χ1) is 14.0. The topological polar surface area (TPSA) is 58.6 Å². The van der Waals surface area contributed by atoms with E-state index in [2.05, 4.69) is 31.3 Å². The standard InChI is InChI=1S/C24H30N2O3/c1-17(2)14-22(25-23(27)15-18-8-10-21(29-3)11-9-18)24(28)26-13-12-19-6-4-5-7-20(19)16-26/h4-11,17,22H,12-16H2,1-3H3,(H,25,27)/t22-/m1/s1. The SMILES string of the molecule is COc1ccc(CC(=O)N[C@H](CC(C)C)C(=O)N2CCc3ccccc3C2)cc1. The normalized spacial score (nSPS) is 14.3. The van der Waals surface area contributed by atoms with Crippen molar-refractivity contribution in [3.05, 3.63) is 65.2 Å². The Hall–Kier alpha value is -2.82. The summed E-state index contributed by atoms with van der Waals surface area (Å²) in [5.41, 5.74) is 3.39. The molecule has 2 amide bonds. The van der Waals surface area contributed by atoms with Crippen LogP contribution in [0.5, 0.6) is 5.75 Å². The lowest BCUT2D eigenvalue weighted by molar-refractivity contribution is -0.137. The Balaban J connectivity index is 1.65. The highest BCUT2D eigenvalue weighted by Gasteiger charge is 2.29. The smallest absolute Gasteiger partial charge is 0.245 e. The first-order valence-corrected chi connectivity index (χ1v) is 10.2. The molecule has 2 aromatic carbocycles. The molecule has 5 nitrogen and oxygen atoms in total. The Bertz CT molecular complexity index is 845. The van der Waals surface area contributed by atoms with Gasteiger partial charge in [-0.15, -0.1) is 0 Å². The highest BCUT2D eigenvalue weighted by molar-refractivity contribution is 5.88. The summed E-state index contributed by atoms with van der Waals surface area (Å²) in [4.78, 5) is 27.7. The minimum atomic E-state index is -0.494. The van der Waals surface area contributed by atoms with E-state index in [-0.39, 0.29) is 18.2 Å². The van der Waals surface area contributed by atoms with Crippen molar-refractivity contribution in [2.45, 2.75) is 45.7 Å². The van der Waals surface area contributed by atoms with Crippen LogP contribution >= 0.6 is 0 Å². The molecule has 0 unspecified atom stereocenters. The average Bonchev–Trinajstić information content (AvgIpc) is 2.72. The van der Waals surface area contributed by atoms with E-state index in [1.807, 2.05) is 41.3 Å². The van der Waals surface area contributed by atoms with Crippen LogP contribution in [0.4, 0.5) is 0 Å². The Morgan fingerprint density at radius 3 is 2.41 bits per heavy atom. The zero-order valence-electron chi connectivity index (χ0n) is 17.5. The maximum absolute atomic E-state index is 13.2. The van der Waals surface area contributed by atoms with E-state index in [1.165, 1.54) is 11.1 Å². The molecule has 0 radical (unpaired) electrons. The Labute approximate surface area is 173 Å². The second-order valence-corrected chi connectivity index (χ2v) is 8.05. The Morgan fingerprint density at radius 1 is 1.07 bits per heavy atom. The third-order valence-electron chi connectivity index (χ3n) is 5.31. The van der Waals surface area contributed by atoms with Crippen molar-refractivity contribution >= 4 is 11.8 Å². The van der Waals surface area contributed by atoms with Crippen molar-refractivity contribution in [3.63, 3.8) is 0 Å². The van der Waals surface area contributed by atoms with Gasteiger partial charge in [0.05, 0.1) is 13.5 Å². The van der Waals surface area contributed by atoms with E-state index in [1.54, 1.807) is 7.11 Å². The van der Waals surface area contributed by atoms with E-state index in [9.17, 15) is 9.59 Å². The number of rotatable bonds is 7. The molecule has 0 saturated heterocycles. The summed E-state index contributed by atoms with van der Waals surface area (Å²) < 4.78 is 5.16. The molecule has 5 heteroatoms. The maximum Gasteiger partial charge on any atom is 0.245 e. The van der Waals surface area contributed by atoms with E-state index in [4.69, 9.17) is 4.74 Å². The van der Waals surface area contributed by atoms with Crippen LogP contribution in [0, 0.1) is 5.92 Å². The number of carbonyl (C=O) groups excluding carboxylic acids is 2. The van der Waals surface area contributed by atoms with Crippen LogP contribution in [0.3, 0.4) is 0 Å². The van der Waals surface area contributed by atoms with Crippen molar-refractivity contribution in [2.75, 3.05) is 13.7 Å². The summed E-state index contributed by atoms with van der Waals surface area (Å²) in [6.07, 6.45) is 1.73. The Kier molecular flexibility index (Phi) is 6.91. The number of nitrogens with zero attached hydrogens (tertiary/aromatic N) is 1. The molecule has 1 heterocycles. The lowest BCUT2D eigenvalue weighted by Crippen LogP contribution is -2.50. The molecule has 0 fully saturated rings. The lowest BCUT2D eigenvalue weighted by Gasteiger charge is -2.32. The number of amides is 2. The summed E-state index contributed by atoms with van der Waals surface area (Å²) in [5, 5.41) is 2.99. The number of methoxy groups -OCH3 is 1. The van der Waals surface area contributed by atoms with E-state index < -0.39 is 6.04 Å². The van der Waals surface area contributed by atoms with Gasteiger partial charge in [0.25, 0.3) is 0 Å². The van der Waals surface area contributed by atoms with Gasteiger partial charge in [0, 0.05) is 13.1 Å². The molecule has 0 saturated carbocycles. The molecule has 0 aromatic heterocycles. The number of nitrogens with one attached hydrogen (secondary N) is 1. The van der Waals surface area contributed by atoms with Crippen molar-refractivity contribution in [2.24, 2.45) is 5.92 Å². The monoisotopic (exact) mass is 394 g/mol. The summed E-state index contributed by atoms with van der Waals surface area (Å²) in [6.45, 7) is 5.44. The molecular formula is C24H30N2O3. The van der Waals surface area contributed by atoms with Gasteiger partial charge in [-0.25, -0.2) is 0 Å². The maximum atomic E-state index is 13.2. The molecule has 2 aromatic rings. The molecule has 0 spiro atoms. The molecule has 29 heavy (non-hydrogen) atoms. The van der Waals surface area contributed by atoms with Crippen LogP contribution in [-0.4, -0.2) is 36.4 Å². The van der Waals surface area contributed by atoms with Crippen molar-refractivity contribution in [3.8, 4) is 5.75 Å². The highest BCUT2D eigenvalue weighted by atomic mass is 16.5. The molecule has 1 aliphatic rings. The van der Waals surface area contributed by atoms with Gasteiger partial charge in [-0.3, -0.25) is 9.59 Å². The molecule has 1 N–H and O–H groups in total. The predicted octanol–water partition coefficient (Wildman–Crippen LogP) is 3.35. The van der Waals surface area contributed by atoms with Gasteiger partial charge in [0.15, 0.2) is 0 Å². The van der Waals surface area contributed by atoms with Gasteiger partial charge in [0.2, 0.25) is 11.8 Å². The number of benzene rings is 2. The zero-order valence-corrected chi connectivity index (χ0v) is 17.5. The molecule has 0 aliphatic carbocycles. The molecule has 1 atom stereocenters. The van der Waals surface area contributed by atoms with Gasteiger partial charge in [-0.1, -0.05) is 50.2 Å². The van der Waals surface area contributed by atoms with E-state index in [0.29, 0.717) is 25.4 Å². The van der Waals surface area contributed by atoms with Crippen molar-refractivity contribution < 1.29 is 14.3 Å². The largest absolute Gasteiger partial charge is 0.497 e. The summed E-state index contributed by atoms with van der Waals surface area (Å²) in [5.74, 6) is 0.942. The van der Waals surface area contributed by atoms with Crippen molar-refractivity contribution in [1.29, 1.82) is 0 Å². The minimum absolute atomic E-state index is 0.0104. The molecule has 154 valence electrons.